The molecule has 1 heterocycles. The number of benzene rings is 3. The van der Waals surface area contributed by atoms with Gasteiger partial charge in [-0.15, -0.1) is 0 Å². The first kappa shape index (κ1) is 19.8. The van der Waals surface area contributed by atoms with Crippen molar-refractivity contribution in [2.45, 2.75) is 37.1 Å². The van der Waals surface area contributed by atoms with E-state index in [2.05, 4.69) is 0 Å². The van der Waals surface area contributed by atoms with Gasteiger partial charge in [0, 0.05) is 0 Å². The van der Waals surface area contributed by atoms with Crippen molar-refractivity contribution in [2.24, 2.45) is 0 Å². The van der Waals surface area contributed by atoms with Crippen LogP contribution in [0.2, 0.25) is 0 Å². The highest BCUT2D eigenvalue weighted by atomic mass is 16.5. The Morgan fingerprint density at radius 3 is 2.38 bits per heavy atom. The Balaban J connectivity index is 1.64. The molecule has 1 aliphatic rings. The van der Waals surface area contributed by atoms with Crippen molar-refractivity contribution in [2.75, 3.05) is 6.61 Å². The molecule has 0 bridgehead atoms. The van der Waals surface area contributed by atoms with E-state index in [-0.39, 0.29) is 0 Å². The second kappa shape index (κ2) is 8.49. The fourth-order valence-corrected chi connectivity index (χ4v) is 3.71. The molecule has 4 rings (SSSR count). The number of para-hydroxylation sites is 1. The van der Waals surface area contributed by atoms with E-state index in [1.807, 2.05) is 66.7 Å². The minimum atomic E-state index is -1.40. The van der Waals surface area contributed by atoms with Gasteiger partial charge in [0.2, 0.25) is 0 Å². The van der Waals surface area contributed by atoms with Gasteiger partial charge in [0.25, 0.3) is 0 Å². The first-order valence-corrected chi connectivity index (χ1v) is 9.58. The molecule has 0 saturated carbocycles. The van der Waals surface area contributed by atoms with Gasteiger partial charge in [-0.05, 0) is 40.1 Å². The van der Waals surface area contributed by atoms with Gasteiger partial charge in [-0.1, -0.05) is 48.5 Å². The molecule has 6 heteroatoms. The van der Waals surface area contributed by atoms with Crippen LogP contribution in [0.15, 0.2) is 66.7 Å². The third kappa shape index (κ3) is 3.99. The molecular formula is C23H24O6. The largest absolute Gasteiger partial charge is 0.489 e. The average molecular weight is 396 g/mol. The maximum absolute atomic E-state index is 10.4. The highest BCUT2D eigenvalue weighted by molar-refractivity contribution is 5.86. The van der Waals surface area contributed by atoms with Crippen LogP contribution in [0.3, 0.4) is 0 Å². The Bertz CT molecular complexity index is 958. The lowest BCUT2D eigenvalue weighted by molar-refractivity contribution is -0.231. The molecule has 5 atom stereocenters. The molecule has 152 valence electrons. The minimum absolute atomic E-state index is 0.374. The molecule has 1 fully saturated rings. The second-order valence-electron chi connectivity index (χ2n) is 7.25. The van der Waals surface area contributed by atoms with Gasteiger partial charge in [0.05, 0.1) is 6.61 Å². The summed E-state index contributed by atoms with van der Waals surface area (Å²) in [5.41, 5.74) is 1.62. The van der Waals surface area contributed by atoms with Gasteiger partial charge >= 0.3 is 0 Å². The Labute approximate surface area is 168 Å². The molecule has 0 radical (unpaired) electrons. The molecule has 0 unspecified atom stereocenters. The van der Waals surface area contributed by atoms with E-state index in [1.54, 1.807) is 0 Å². The third-order valence-electron chi connectivity index (χ3n) is 5.35. The molecule has 3 aromatic carbocycles. The van der Waals surface area contributed by atoms with Gasteiger partial charge < -0.3 is 29.9 Å². The van der Waals surface area contributed by atoms with E-state index in [9.17, 15) is 20.4 Å². The van der Waals surface area contributed by atoms with Crippen molar-refractivity contribution < 1.29 is 29.9 Å². The Hall–Kier alpha value is -2.48. The van der Waals surface area contributed by atoms with Crippen LogP contribution in [0, 0.1) is 0 Å². The average Bonchev–Trinajstić information content (AvgIpc) is 2.77. The molecule has 0 aromatic heterocycles. The van der Waals surface area contributed by atoms with Crippen molar-refractivity contribution in [3.8, 4) is 5.75 Å². The van der Waals surface area contributed by atoms with Gasteiger partial charge in [0.1, 0.15) is 42.9 Å². The first-order chi connectivity index (χ1) is 14.1. The topological polar surface area (TPSA) is 99.4 Å². The summed E-state index contributed by atoms with van der Waals surface area (Å²) in [7, 11) is 0. The highest BCUT2D eigenvalue weighted by Gasteiger charge is 2.43. The third-order valence-corrected chi connectivity index (χ3v) is 5.35. The lowest BCUT2D eigenvalue weighted by Gasteiger charge is -2.40. The van der Waals surface area contributed by atoms with Gasteiger partial charge in [-0.25, -0.2) is 0 Å². The summed E-state index contributed by atoms with van der Waals surface area (Å²) in [6.07, 6.45) is -5.89. The Morgan fingerprint density at radius 1 is 0.828 bits per heavy atom. The smallest absolute Gasteiger partial charge is 0.119 e. The van der Waals surface area contributed by atoms with Crippen LogP contribution in [0.25, 0.3) is 10.8 Å². The minimum Gasteiger partial charge on any atom is -0.489 e. The monoisotopic (exact) mass is 396 g/mol. The summed E-state index contributed by atoms with van der Waals surface area (Å²) in [6, 6.07) is 21.1. The van der Waals surface area contributed by atoms with Gasteiger partial charge in [-0.3, -0.25) is 0 Å². The molecule has 3 aromatic rings. The summed E-state index contributed by atoms with van der Waals surface area (Å²) in [5, 5.41) is 41.9. The maximum Gasteiger partial charge on any atom is 0.119 e. The number of aliphatic hydroxyl groups excluding tert-OH is 4. The van der Waals surface area contributed by atoms with Crippen molar-refractivity contribution in [1.82, 2.24) is 0 Å². The summed E-state index contributed by atoms with van der Waals surface area (Å²) < 4.78 is 11.6. The molecule has 0 aliphatic carbocycles. The SMILES string of the molecule is OC[C@H]1O[C@@H](c2ccc3cccc(COc4ccccc4)c3c2)[C@H](O)[C@@H](O)[C@@H]1O. The van der Waals surface area contributed by atoms with Crippen molar-refractivity contribution >= 4 is 10.8 Å². The number of hydrogen-bond acceptors (Lipinski definition) is 6. The van der Waals surface area contributed by atoms with E-state index in [0.717, 1.165) is 22.1 Å². The molecule has 1 aliphatic heterocycles. The van der Waals surface area contributed by atoms with Crippen LogP contribution >= 0.6 is 0 Å². The van der Waals surface area contributed by atoms with Crippen molar-refractivity contribution in [3.63, 3.8) is 0 Å². The predicted octanol–water partition coefficient (Wildman–Crippen LogP) is 1.93. The van der Waals surface area contributed by atoms with Crippen LogP contribution < -0.4 is 4.74 Å². The van der Waals surface area contributed by atoms with Crippen molar-refractivity contribution in [1.29, 1.82) is 0 Å². The molecular weight excluding hydrogens is 372 g/mol. The van der Waals surface area contributed by atoms with Crippen LogP contribution in [-0.2, 0) is 11.3 Å². The van der Waals surface area contributed by atoms with E-state index in [0.29, 0.717) is 12.2 Å². The molecule has 0 spiro atoms. The molecule has 29 heavy (non-hydrogen) atoms. The lowest BCUT2D eigenvalue weighted by atomic mass is 9.90. The van der Waals surface area contributed by atoms with E-state index in [1.165, 1.54) is 0 Å². The van der Waals surface area contributed by atoms with E-state index < -0.39 is 37.1 Å². The quantitative estimate of drug-likeness (QED) is 0.526. The summed E-state index contributed by atoms with van der Waals surface area (Å²) in [5.74, 6) is 0.773. The first-order valence-electron chi connectivity index (χ1n) is 9.58. The summed E-state index contributed by atoms with van der Waals surface area (Å²) in [4.78, 5) is 0. The fourth-order valence-electron chi connectivity index (χ4n) is 3.71. The van der Waals surface area contributed by atoms with E-state index in [4.69, 9.17) is 9.47 Å². The number of ether oxygens (including phenoxy) is 2. The Kier molecular flexibility index (Phi) is 5.80. The number of hydrogen-bond donors (Lipinski definition) is 4. The van der Waals surface area contributed by atoms with Gasteiger partial charge in [-0.2, -0.15) is 0 Å². The zero-order valence-corrected chi connectivity index (χ0v) is 15.8. The molecule has 1 saturated heterocycles. The molecule has 6 nitrogen and oxygen atoms in total. The van der Waals surface area contributed by atoms with Crippen molar-refractivity contribution in [3.05, 3.63) is 77.9 Å². The van der Waals surface area contributed by atoms with Crippen LogP contribution in [0.1, 0.15) is 17.2 Å². The molecule has 4 N–H and O–H groups in total. The number of rotatable bonds is 5. The zero-order valence-electron chi connectivity index (χ0n) is 15.8. The maximum atomic E-state index is 10.4. The fraction of sp³-hybridized carbons (Fsp3) is 0.304. The number of fused-ring (bicyclic) bond motifs is 1. The zero-order chi connectivity index (χ0) is 20.4. The summed E-state index contributed by atoms with van der Waals surface area (Å²) in [6.45, 7) is -0.0787. The predicted molar refractivity (Wildman–Crippen MR) is 107 cm³/mol. The van der Waals surface area contributed by atoms with Crippen LogP contribution in [-0.4, -0.2) is 51.4 Å². The Morgan fingerprint density at radius 2 is 1.62 bits per heavy atom. The molecule has 0 amide bonds. The number of aliphatic hydroxyl groups is 4. The lowest BCUT2D eigenvalue weighted by Crippen LogP contribution is -2.55. The highest BCUT2D eigenvalue weighted by Crippen LogP contribution is 2.34. The van der Waals surface area contributed by atoms with Crippen LogP contribution in [0.4, 0.5) is 0 Å². The standard InChI is InChI=1S/C23H24O6/c24-12-19-20(25)21(26)22(27)23(29-19)15-10-9-14-5-4-6-16(18(14)11-15)13-28-17-7-2-1-3-8-17/h1-11,19-27H,12-13H2/t19-,20-,21+,22-,23+/m1/s1. The normalized spacial score (nSPS) is 27.1. The van der Waals surface area contributed by atoms with Crippen LogP contribution in [0.5, 0.6) is 5.75 Å². The second-order valence-corrected chi connectivity index (χ2v) is 7.25. The summed E-state index contributed by atoms with van der Waals surface area (Å²) >= 11 is 0. The van der Waals surface area contributed by atoms with E-state index >= 15 is 0 Å². The van der Waals surface area contributed by atoms with Gasteiger partial charge in [0.15, 0.2) is 0 Å².